The number of nitrogens with zero attached hydrogens (tertiary/aromatic N) is 3. The predicted octanol–water partition coefficient (Wildman–Crippen LogP) is 0.896. The first kappa shape index (κ1) is 19.6. The molecule has 0 saturated carbocycles. The number of β-amino-alcohol motifs (C(OH)–C–C–N with tert-alkyl or cyclic N) is 1. The highest BCUT2D eigenvalue weighted by molar-refractivity contribution is 5.27. The minimum atomic E-state index is -0.591. The minimum absolute atomic E-state index is 0.591. The van der Waals surface area contributed by atoms with Gasteiger partial charge in [0.15, 0.2) is 0 Å². The number of rotatable bonds is 8. The number of benzene rings is 1. The van der Waals surface area contributed by atoms with Gasteiger partial charge < -0.3 is 19.5 Å². The normalized spacial score (nSPS) is 25.1. The summed E-state index contributed by atoms with van der Waals surface area (Å²) in [5.74, 6) is 0.917. The number of hydrogen-bond donors (Lipinski definition) is 1. The Morgan fingerprint density at radius 2 is 1.85 bits per heavy atom. The average Bonchev–Trinajstić information content (AvgIpc) is 2.97. The van der Waals surface area contributed by atoms with Crippen LogP contribution < -0.4 is 4.74 Å². The summed E-state index contributed by atoms with van der Waals surface area (Å²) < 4.78 is 11.1. The second kappa shape index (κ2) is 9.15. The first-order chi connectivity index (χ1) is 12.5. The van der Waals surface area contributed by atoms with Gasteiger partial charge in [0.25, 0.3) is 0 Å². The van der Waals surface area contributed by atoms with Crippen LogP contribution in [0.1, 0.15) is 12.0 Å². The molecule has 2 aliphatic rings. The third-order valence-electron chi connectivity index (χ3n) is 5.17. The summed E-state index contributed by atoms with van der Waals surface area (Å²) in [4.78, 5) is 6.79. The largest absolute Gasteiger partial charge is 0.492 e. The zero-order valence-electron chi connectivity index (χ0n) is 16.2. The maximum atomic E-state index is 10.9. The van der Waals surface area contributed by atoms with Crippen molar-refractivity contribution in [1.29, 1.82) is 0 Å². The molecule has 3 rings (SSSR count). The minimum Gasteiger partial charge on any atom is -0.492 e. The molecule has 0 amide bonds. The maximum Gasteiger partial charge on any atom is 0.119 e. The van der Waals surface area contributed by atoms with Gasteiger partial charge in [-0.2, -0.15) is 0 Å². The molecule has 146 valence electrons. The lowest BCUT2D eigenvalue weighted by Crippen LogP contribution is -2.48. The number of likely N-dealkylation sites (N-methyl/N-ethyl adjacent to an activating group) is 1. The fraction of sp³-hybridized carbons (Fsp3) is 0.700. The van der Waals surface area contributed by atoms with Crippen molar-refractivity contribution in [3.63, 3.8) is 0 Å². The van der Waals surface area contributed by atoms with Gasteiger partial charge in [0.05, 0.1) is 18.8 Å². The van der Waals surface area contributed by atoms with E-state index in [0.717, 1.165) is 71.2 Å². The summed E-state index contributed by atoms with van der Waals surface area (Å²) in [6, 6.07) is 8.34. The SMILES string of the molecule is CN(C)CCOc1ccc(CN2CC[C@](O)(CN3CCOCC3)C2)cc1. The Morgan fingerprint density at radius 1 is 1.12 bits per heavy atom. The van der Waals surface area contributed by atoms with E-state index >= 15 is 0 Å². The van der Waals surface area contributed by atoms with E-state index < -0.39 is 5.60 Å². The lowest BCUT2D eigenvalue weighted by molar-refractivity contribution is -0.0266. The Kier molecular flexibility index (Phi) is 6.89. The Hall–Kier alpha value is -1.18. The summed E-state index contributed by atoms with van der Waals surface area (Å²) in [6.07, 6.45) is 0.843. The Labute approximate surface area is 157 Å². The van der Waals surface area contributed by atoms with E-state index in [9.17, 15) is 5.11 Å². The van der Waals surface area contributed by atoms with Crippen LogP contribution in [0, 0.1) is 0 Å². The first-order valence-corrected chi connectivity index (χ1v) is 9.64. The molecule has 1 aromatic rings. The zero-order valence-corrected chi connectivity index (χ0v) is 16.2. The molecule has 2 aliphatic heterocycles. The summed E-state index contributed by atoms with van der Waals surface area (Å²) in [5.41, 5.74) is 0.674. The summed E-state index contributed by atoms with van der Waals surface area (Å²) >= 11 is 0. The summed E-state index contributed by atoms with van der Waals surface area (Å²) in [5, 5.41) is 10.9. The van der Waals surface area contributed by atoms with Gasteiger partial charge >= 0.3 is 0 Å². The lowest BCUT2D eigenvalue weighted by Gasteiger charge is -2.33. The van der Waals surface area contributed by atoms with E-state index in [1.54, 1.807) is 0 Å². The molecule has 2 heterocycles. The molecule has 0 spiro atoms. The van der Waals surface area contributed by atoms with Crippen molar-refractivity contribution >= 4 is 0 Å². The van der Waals surface area contributed by atoms with Gasteiger partial charge in [-0.05, 0) is 38.2 Å². The van der Waals surface area contributed by atoms with Crippen molar-refractivity contribution in [2.24, 2.45) is 0 Å². The first-order valence-electron chi connectivity index (χ1n) is 9.64. The molecule has 1 N–H and O–H groups in total. The van der Waals surface area contributed by atoms with E-state index in [1.165, 1.54) is 5.56 Å². The van der Waals surface area contributed by atoms with Gasteiger partial charge in [0.2, 0.25) is 0 Å². The Morgan fingerprint density at radius 3 is 2.54 bits per heavy atom. The molecular weight excluding hydrogens is 330 g/mol. The molecule has 2 saturated heterocycles. The smallest absolute Gasteiger partial charge is 0.119 e. The molecule has 26 heavy (non-hydrogen) atoms. The molecule has 0 unspecified atom stereocenters. The highest BCUT2D eigenvalue weighted by Crippen LogP contribution is 2.25. The van der Waals surface area contributed by atoms with Crippen molar-refractivity contribution in [3.8, 4) is 5.75 Å². The van der Waals surface area contributed by atoms with Crippen molar-refractivity contribution in [1.82, 2.24) is 14.7 Å². The van der Waals surface area contributed by atoms with Crippen LogP contribution in [0.15, 0.2) is 24.3 Å². The monoisotopic (exact) mass is 363 g/mol. The molecule has 1 atom stereocenters. The standard InChI is InChI=1S/C20H33N3O3/c1-21(2)9-14-26-19-5-3-18(4-6-19)15-23-8-7-20(24,17-23)16-22-10-12-25-13-11-22/h3-6,24H,7-17H2,1-2H3/t20-/m0/s1. The van der Waals surface area contributed by atoms with E-state index in [0.29, 0.717) is 6.61 Å². The molecule has 0 aromatic heterocycles. The second-order valence-corrected chi connectivity index (χ2v) is 7.87. The van der Waals surface area contributed by atoms with Crippen LogP contribution in [0.5, 0.6) is 5.75 Å². The van der Waals surface area contributed by atoms with Crippen LogP contribution in [0.2, 0.25) is 0 Å². The van der Waals surface area contributed by atoms with Crippen molar-refractivity contribution in [2.75, 3.05) is 73.2 Å². The Bertz CT molecular complexity index is 546. The van der Waals surface area contributed by atoms with Crippen molar-refractivity contribution in [2.45, 2.75) is 18.6 Å². The van der Waals surface area contributed by atoms with Gasteiger partial charge in [0, 0.05) is 45.8 Å². The zero-order chi connectivity index (χ0) is 18.4. The fourth-order valence-electron chi connectivity index (χ4n) is 3.68. The van der Waals surface area contributed by atoms with Crippen LogP contribution in [0.3, 0.4) is 0 Å². The number of ether oxygens (including phenoxy) is 2. The molecule has 0 bridgehead atoms. The van der Waals surface area contributed by atoms with E-state index in [4.69, 9.17) is 9.47 Å². The number of aliphatic hydroxyl groups is 1. The number of hydrogen-bond acceptors (Lipinski definition) is 6. The predicted molar refractivity (Wildman–Crippen MR) is 103 cm³/mol. The lowest BCUT2D eigenvalue weighted by atomic mass is 10.0. The van der Waals surface area contributed by atoms with E-state index in [1.807, 2.05) is 26.2 Å². The number of morpholine rings is 1. The van der Waals surface area contributed by atoms with Crippen molar-refractivity contribution in [3.05, 3.63) is 29.8 Å². The van der Waals surface area contributed by atoms with Crippen LogP contribution >= 0.6 is 0 Å². The second-order valence-electron chi connectivity index (χ2n) is 7.87. The molecule has 6 heteroatoms. The average molecular weight is 364 g/mol. The van der Waals surface area contributed by atoms with Crippen LogP contribution in [-0.4, -0.2) is 98.6 Å². The van der Waals surface area contributed by atoms with Crippen LogP contribution in [0.25, 0.3) is 0 Å². The molecule has 0 aliphatic carbocycles. The topological polar surface area (TPSA) is 48.4 Å². The Balaban J connectivity index is 1.44. The third-order valence-corrected chi connectivity index (χ3v) is 5.17. The van der Waals surface area contributed by atoms with Gasteiger partial charge in [-0.1, -0.05) is 12.1 Å². The molecule has 1 aromatic carbocycles. The van der Waals surface area contributed by atoms with Gasteiger partial charge in [-0.3, -0.25) is 9.80 Å². The van der Waals surface area contributed by atoms with Gasteiger partial charge in [0.1, 0.15) is 12.4 Å². The number of likely N-dealkylation sites (tertiary alicyclic amines) is 1. The quantitative estimate of drug-likeness (QED) is 0.741. The highest BCUT2D eigenvalue weighted by Gasteiger charge is 2.37. The molecule has 6 nitrogen and oxygen atoms in total. The van der Waals surface area contributed by atoms with Crippen LogP contribution in [-0.2, 0) is 11.3 Å². The molecule has 2 fully saturated rings. The summed E-state index contributed by atoms with van der Waals surface area (Å²) in [6.45, 7) is 8.35. The molecular formula is C20H33N3O3. The molecule has 0 radical (unpaired) electrons. The third kappa shape index (κ3) is 5.93. The van der Waals surface area contributed by atoms with E-state index in [-0.39, 0.29) is 0 Å². The van der Waals surface area contributed by atoms with Gasteiger partial charge in [-0.15, -0.1) is 0 Å². The van der Waals surface area contributed by atoms with E-state index in [2.05, 4.69) is 26.8 Å². The maximum absolute atomic E-state index is 10.9. The fourth-order valence-corrected chi connectivity index (χ4v) is 3.68. The van der Waals surface area contributed by atoms with Gasteiger partial charge in [-0.25, -0.2) is 0 Å². The van der Waals surface area contributed by atoms with Crippen LogP contribution in [0.4, 0.5) is 0 Å². The summed E-state index contributed by atoms with van der Waals surface area (Å²) in [7, 11) is 4.09. The van der Waals surface area contributed by atoms with Crippen molar-refractivity contribution < 1.29 is 14.6 Å². The highest BCUT2D eigenvalue weighted by atomic mass is 16.5.